The van der Waals surface area contributed by atoms with Crippen LogP contribution in [0.5, 0.6) is 0 Å². The minimum absolute atomic E-state index is 0.891. The molecule has 0 radical (unpaired) electrons. The van der Waals surface area contributed by atoms with E-state index in [0.29, 0.717) is 0 Å². The quantitative estimate of drug-likeness (QED) is 0.327. The van der Waals surface area contributed by atoms with Crippen molar-refractivity contribution >= 4 is 43.5 Å². The molecule has 0 bridgehead atoms. The van der Waals surface area contributed by atoms with Crippen LogP contribution in [0.1, 0.15) is 0 Å². The monoisotopic (exact) mass is 348 g/mol. The van der Waals surface area contributed by atoms with Gasteiger partial charge in [0, 0.05) is 30.2 Å². The van der Waals surface area contributed by atoms with Crippen molar-refractivity contribution < 1.29 is 4.42 Å². The molecular formula is C24H16N2O. The van der Waals surface area contributed by atoms with Crippen molar-refractivity contribution in [2.45, 2.75) is 0 Å². The van der Waals surface area contributed by atoms with Crippen LogP contribution in [0, 0.1) is 0 Å². The smallest absolute Gasteiger partial charge is 0.146 e. The third-order valence-corrected chi connectivity index (χ3v) is 5.41. The predicted molar refractivity (Wildman–Crippen MR) is 111 cm³/mol. The van der Waals surface area contributed by atoms with Crippen LogP contribution >= 0.6 is 0 Å². The van der Waals surface area contributed by atoms with Crippen LogP contribution in [0.3, 0.4) is 0 Å². The minimum Gasteiger partial charge on any atom is -0.455 e. The van der Waals surface area contributed by atoms with E-state index >= 15 is 0 Å². The molecule has 2 aromatic heterocycles. The number of imidazole rings is 1. The summed E-state index contributed by atoms with van der Waals surface area (Å²) < 4.78 is 8.35. The fourth-order valence-electron chi connectivity index (χ4n) is 4.11. The van der Waals surface area contributed by atoms with Gasteiger partial charge in [-0.1, -0.05) is 42.5 Å². The number of nitrogens with zero attached hydrogens (tertiary/aromatic N) is 2. The molecular weight excluding hydrogens is 332 g/mol. The van der Waals surface area contributed by atoms with Gasteiger partial charge in [0.05, 0.1) is 5.56 Å². The lowest BCUT2D eigenvalue weighted by Gasteiger charge is -2.04. The lowest BCUT2D eigenvalue weighted by Crippen LogP contribution is -1.91. The highest BCUT2D eigenvalue weighted by Gasteiger charge is 2.16. The van der Waals surface area contributed by atoms with Crippen molar-refractivity contribution in [3.63, 3.8) is 0 Å². The molecule has 128 valence electrons. The number of para-hydroxylation sites is 1. The molecule has 0 atom stereocenters. The standard InChI is InChI=1S/C24H16N2O/c1-26-12-11-25-24(26)19-8-4-7-18-22-20-14-16-6-3-2-5-15(16)13-17(20)9-10-21(22)27-23(18)19/h2-14H,1H3. The van der Waals surface area contributed by atoms with Crippen LogP contribution in [0.2, 0.25) is 0 Å². The van der Waals surface area contributed by atoms with E-state index < -0.39 is 0 Å². The van der Waals surface area contributed by atoms with Gasteiger partial charge in [-0.05, 0) is 45.8 Å². The van der Waals surface area contributed by atoms with Crippen LogP contribution in [0.4, 0.5) is 0 Å². The number of furan rings is 1. The van der Waals surface area contributed by atoms with E-state index in [1.807, 2.05) is 24.0 Å². The zero-order valence-corrected chi connectivity index (χ0v) is 14.8. The highest BCUT2D eigenvalue weighted by atomic mass is 16.3. The molecule has 0 aliphatic carbocycles. The normalized spacial score (nSPS) is 11.9. The first kappa shape index (κ1) is 14.6. The van der Waals surface area contributed by atoms with Crippen molar-refractivity contribution in [1.29, 1.82) is 0 Å². The maximum absolute atomic E-state index is 6.33. The van der Waals surface area contributed by atoms with Gasteiger partial charge in [0.1, 0.15) is 17.0 Å². The molecule has 0 unspecified atom stereocenters. The van der Waals surface area contributed by atoms with Gasteiger partial charge in [-0.3, -0.25) is 0 Å². The van der Waals surface area contributed by atoms with E-state index in [9.17, 15) is 0 Å². The van der Waals surface area contributed by atoms with Crippen molar-refractivity contribution in [3.05, 3.63) is 79.1 Å². The summed E-state index contributed by atoms with van der Waals surface area (Å²) in [5, 5.41) is 7.25. The Bertz CT molecular complexity index is 1490. The lowest BCUT2D eigenvalue weighted by atomic mass is 9.99. The maximum atomic E-state index is 6.33. The van der Waals surface area contributed by atoms with Gasteiger partial charge in [-0.2, -0.15) is 0 Å². The summed E-state index contributed by atoms with van der Waals surface area (Å²) in [6.45, 7) is 0. The van der Waals surface area contributed by atoms with E-state index in [1.54, 1.807) is 0 Å². The van der Waals surface area contributed by atoms with Crippen LogP contribution < -0.4 is 0 Å². The molecule has 0 saturated heterocycles. The number of hydrogen-bond acceptors (Lipinski definition) is 2. The summed E-state index contributed by atoms with van der Waals surface area (Å²) in [6, 6.07) is 23.5. The molecule has 2 heterocycles. The zero-order chi connectivity index (χ0) is 18.0. The fraction of sp³-hybridized carbons (Fsp3) is 0.0417. The summed E-state index contributed by atoms with van der Waals surface area (Å²) in [6.07, 6.45) is 3.77. The van der Waals surface area contributed by atoms with E-state index in [0.717, 1.165) is 27.9 Å². The molecule has 0 fully saturated rings. The number of rotatable bonds is 1. The van der Waals surface area contributed by atoms with E-state index in [2.05, 4.69) is 71.7 Å². The molecule has 0 aliphatic heterocycles. The second kappa shape index (κ2) is 5.21. The Morgan fingerprint density at radius 3 is 2.48 bits per heavy atom. The average Bonchev–Trinajstić information content (AvgIpc) is 3.29. The molecule has 0 N–H and O–H groups in total. The largest absolute Gasteiger partial charge is 0.455 e. The number of aryl methyl sites for hydroxylation is 1. The summed E-state index contributed by atoms with van der Waals surface area (Å²) in [7, 11) is 2.01. The molecule has 27 heavy (non-hydrogen) atoms. The third-order valence-electron chi connectivity index (χ3n) is 5.41. The van der Waals surface area contributed by atoms with E-state index in [4.69, 9.17) is 4.42 Å². The van der Waals surface area contributed by atoms with Crippen LogP contribution in [-0.2, 0) is 7.05 Å². The second-order valence-electron chi connectivity index (χ2n) is 7.01. The van der Waals surface area contributed by atoms with E-state index in [1.165, 1.54) is 26.9 Å². The summed E-state index contributed by atoms with van der Waals surface area (Å²) in [4.78, 5) is 4.51. The fourth-order valence-corrected chi connectivity index (χ4v) is 4.11. The van der Waals surface area contributed by atoms with Crippen molar-refractivity contribution in [2.75, 3.05) is 0 Å². The topological polar surface area (TPSA) is 31.0 Å². The highest BCUT2D eigenvalue weighted by Crippen LogP contribution is 2.39. The van der Waals surface area contributed by atoms with Gasteiger partial charge in [0.2, 0.25) is 0 Å². The van der Waals surface area contributed by atoms with Crippen LogP contribution in [0.25, 0.3) is 54.9 Å². The Balaban J connectivity index is 1.79. The van der Waals surface area contributed by atoms with Gasteiger partial charge in [-0.25, -0.2) is 4.98 Å². The van der Waals surface area contributed by atoms with E-state index in [-0.39, 0.29) is 0 Å². The predicted octanol–water partition coefficient (Wildman–Crippen LogP) is 6.29. The number of fused-ring (bicyclic) bond motifs is 6. The maximum Gasteiger partial charge on any atom is 0.146 e. The molecule has 0 saturated carbocycles. The number of hydrogen-bond donors (Lipinski definition) is 0. The Morgan fingerprint density at radius 1 is 0.815 bits per heavy atom. The SMILES string of the molecule is Cn1ccnc1-c1cccc2c1oc1ccc3cc4ccccc4cc3c12. The average molecular weight is 348 g/mol. The number of aromatic nitrogens is 2. The number of benzene rings is 4. The Hall–Kier alpha value is -3.59. The molecule has 3 nitrogen and oxygen atoms in total. The van der Waals surface area contributed by atoms with Crippen LogP contribution in [0.15, 0.2) is 83.5 Å². The highest BCUT2D eigenvalue weighted by molar-refractivity contribution is 6.22. The van der Waals surface area contributed by atoms with Gasteiger partial charge in [-0.15, -0.1) is 0 Å². The second-order valence-corrected chi connectivity index (χ2v) is 7.01. The molecule has 4 aromatic carbocycles. The lowest BCUT2D eigenvalue weighted by molar-refractivity contribution is 0.669. The summed E-state index contributed by atoms with van der Waals surface area (Å²) in [5.41, 5.74) is 2.82. The molecule has 0 spiro atoms. The Labute approximate surface area is 155 Å². The van der Waals surface area contributed by atoms with Crippen molar-refractivity contribution in [1.82, 2.24) is 9.55 Å². The molecule has 0 aliphatic rings. The van der Waals surface area contributed by atoms with Crippen LogP contribution in [-0.4, -0.2) is 9.55 Å². The first-order valence-electron chi connectivity index (χ1n) is 9.04. The minimum atomic E-state index is 0.891. The molecule has 6 rings (SSSR count). The van der Waals surface area contributed by atoms with Gasteiger partial charge >= 0.3 is 0 Å². The Morgan fingerprint density at radius 2 is 1.67 bits per heavy atom. The van der Waals surface area contributed by atoms with Gasteiger partial charge < -0.3 is 8.98 Å². The molecule has 3 heteroatoms. The first-order valence-corrected chi connectivity index (χ1v) is 9.04. The summed E-state index contributed by atoms with van der Waals surface area (Å²) >= 11 is 0. The molecule has 0 amide bonds. The first-order chi connectivity index (χ1) is 13.3. The zero-order valence-electron chi connectivity index (χ0n) is 14.8. The van der Waals surface area contributed by atoms with Crippen molar-refractivity contribution in [2.24, 2.45) is 7.05 Å². The van der Waals surface area contributed by atoms with Gasteiger partial charge in [0.25, 0.3) is 0 Å². The third kappa shape index (κ3) is 1.99. The van der Waals surface area contributed by atoms with Crippen molar-refractivity contribution in [3.8, 4) is 11.4 Å². The Kier molecular flexibility index (Phi) is 2.81. The summed E-state index contributed by atoms with van der Waals surface area (Å²) in [5.74, 6) is 0.911. The van der Waals surface area contributed by atoms with Gasteiger partial charge in [0.15, 0.2) is 0 Å². The molecule has 6 aromatic rings.